The van der Waals surface area contributed by atoms with Crippen LogP contribution < -0.4 is 5.32 Å². The SMILES string of the molecule is C[C@H](NC(=O)CCc1c[nH]c2ccccc12)[C@@H](O)c1ccc(O)cc1. The standard InChI is InChI=1S/C20H22N2O3/c1-13(20(25)14-6-9-16(23)10-7-14)22-19(24)11-8-15-12-21-18-5-3-2-4-17(15)18/h2-7,9-10,12-13,20-21,23,25H,8,11H2,1H3,(H,22,24)/t13-,20+/m0/s1. The van der Waals surface area contributed by atoms with Gasteiger partial charge in [0.2, 0.25) is 5.91 Å². The van der Waals surface area contributed by atoms with Gasteiger partial charge in [-0.1, -0.05) is 30.3 Å². The predicted octanol–water partition coefficient (Wildman–Crippen LogP) is 3.04. The quantitative estimate of drug-likeness (QED) is 0.557. The number of aromatic amines is 1. The summed E-state index contributed by atoms with van der Waals surface area (Å²) in [4.78, 5) is 15.4. The van der Waals surface area contributed by atoms with E-state index in [1.165, 1.54) is 12.1 Å². The van der Waals surface area contributed by atoms with Gasteiger partial charge in [-0.25, -0.2) is 0 Å². The van der Waals surface area contributed by atoms with Crippen LogP contribution in [0.25, 0.3) is 10.9 Å². The summed E-state index contributed by atoms with van der Waals surface area (Å²) in [5, 5.41) is 23.6. The van der Waals surface area contributed by atoms with Gasteiger partial charge in [0.1, 0.15) is 5.75 Å². The maximum atomic E-state index is 12.2. The normalized spacial score (nSPS) is 13.5. The van der Waals surface area contributed by atoms with Crippen LogP contribution in [0.2, 0.25) is 0 Å². The van der Waals surface area contributed by atoms with Gasteiger partial charge >= 0.3 is 0 Å². The summed E-state index contributed by atoms with van der Waals surface area (Å²) in [5.41, 5.74) is 2.83. The first-order valence-electron chi connectivity index (χ1n) is 8.36. The number of phenolic OH excluding ortho intramolecular Hbond substituents is 1. The Kier molecular flexibility index (Phi) is 5.05. The number of carbonyl (C=O) groups excluding carboxylic acids is 1. The first kappa shape index (κ1) is 17.0. The fourth-order valence-corrected chi connectivity index (χ4v) is 2.95. The van der Waals surface area contributed by atoms with Crippen LogP contribution in [0, 0.1) is 0 Å². The highest BCUT2D eigenvalue weighted by atomic mass is 16.3. The topological polar surface area (TPSA) is 85.4 Å². The number of aromatic nitrogens is 1. The van der Waals surface area contributed by atoms with Crippen molar-refractivity contribution >= 4 is 16.8 Å². The fourth-order valence-electron chi connectivity index (χ4n) is 2.95. The van der Waals surface area contributed by atoms with Crippen molar-refractivity contribution in [3.8, 4) is 5.75 Å². The van der Waals surface area contributed by atoms with Gasteiger partial charge in [-0.15, -0.1) is 0 Å². The van der Waals surface area contributed by atoms with E-state index < -0.39 is 12.1 Å². The molecule has 4 N–H and O–H groups in total. The van der Waals surface area contributed by atoms with E-state index in [0.717, 1.165) is 16.5 Å². The van der Waals surface area contributed by atoms with Gasteiger partial charge in [-0.2, -0.15) is 0 Å². The Balaban J connectivity index is 1.55. The number of para-hydroxylation sites is 1. The van der Waals surface area contributed by atoms with Crippen molar-refractivity contribution in [1.29, 1.82) is 0 Å². The van der Waals surface area contributed by atoms with Crippen molar-refractivity contribution in [2.24, 2.45) is 0 Å². The molecule has 0 aliphatic heterocycles. The highest BCUT2D eigenvalue weighted by Gasteiger charge is 2.18. The molecule has 1 aromatic heterocycles. The molecule has 1 heterocycles. The van der Waals surface area contributed by atoms with Crippen molar-refractivity contribution in [3.63, 3.8) is 0 Å². The number of H-pyrrole nitrogens is 1. The molecule has 0 spiro atoms. The molecule has 0 bridgehead atoms. The highest BCUT2D eigenvalue weighted by Crippen LogP contribution is 2.21. The summed E-state index contributed by atoms with van der Waals surface area (Å²) >= 11 is 0. The Morgan fingerprint density at radius 3 is 2.64 bits per heavy atom. The predicted molar refractivity (Wildman–Crippen MR) is 97.3 cm³/mol. The molecule has 3 rings (SSSR count). The highest BCUT2D eigenvalue weighted by molar-refractivity contribution is 5.84. The van der Waals surface area contributed by atoms with Crippen molar-refractivity contribution in [3.05, 3.63) is 65.9 Å². The molecule has 5 nitrogen and oxygen atoms in total. The van der Waals surface area contributed by atoms with Crippen LogP contribution in [-0.2, 0) is 11.2 Å². The number of fused-ring (bicyclic) bond motifs is 1. The van der Waals surface area contributed by atoms with Crippen molar-refractivity contribution in [2.45, 2.75) is 31.9 Å². The number of rotatable bonds is 6. The maximum Gasteiger partial charge on any atom is 0.220 e. The number of carbonyl (C=O) groups is 1. The van der Waals surface area contributed by atoms with Crippen LogP contribution in [0.15, 0.2) is 54.7 Å². The van der Waals surface area contributed by atoms with E-state index in [2.05, 4.69) is 10.3 Å². The number of benzene rings is 2. The van der Waals surface area contributed by atoms with Crippen molar-refractivity contribution in [1.82, 2.24) is 10.3 Å². The molecule has 0 unspecified atom stereocenters. The van der Waals surface area contributed by atoms with Gasteiger partial charge in [0.15, 0.2) is 0 Å². The van der Waals surface area contributed by atoms with Gasteiger partial charge in [-0.3, -0.25) is 4.79 Å². The van der Waals surface area contributed by atoms with E-state index in [4.69, 9.17) is 0 Å². The van der Waals surface area contributed by atoms with Crippen LogP contribution in [-0.4, -0.2) is 27.1 Å². The molecule has 5 heteroatoms. The third-order valence-corrected chi connectivity index (χ3v) is 4.39. The average Bonchev–Trinajstić information content (AvgIpc) is 3.03. The Labute approximate surface area is 146 Å². The van der Waals surface area contributed by atoms with E-state index in [-0.39, 0.29) is 11.7 Å². The molecule has 1 amide bonds. The van der Waals surface area contributed by atoms with Gasteiger partial charge in [0.25, 0.3) is 0 Å². The van der Waals surface area contributed by atoms with Crippen LogP contribution in [0.5, 0.6) is 5.75 Å². The van der Waals surface area contributed by atoms with E-state index in [0.29, 0.717) is 18.4 Å². The van der Waals surface area contributed by atoms with E-state index in [1.807, 2.05) is 30.5 Å². The van der Waals surface area contributed by atoms with E-state index in [1.54, 1.807) is 19.1 Å². The van der Waals surface area contributed by atoms with Crippen LogP contribution in [0.1, 0.15) is 30.6 Å². The minimum absolute atomic E-state index is 0.101. The summed E-state index contributed by atoms with van der Waals surface area (Å²) in [6, 6.07) is 13.9. The lowest BCUT2D eigenvalue weighted by molar-refractivity contribution is -0.122. The van der Waals surface area contributed by atoms with Crippen LogP contribution in [0.4, 0.5) is 0 Å². The summed E-state index contributed by atoms with van der Waals surface area (Å²) in [5.74, 6) is 0.0435. The van der Waals surface area contributed by atoms with Gasteiger partial charge in [0, 0.05) is 23.5 Å². The van der Waals surface area contributed by atoms with Gasteiger partial charge in [-0.05, 0) is 42.7 Å². The number of nitrogens with one attached hydrogen (secondary N) is 2. The van der Waals surface area contributed by atoms with E-state index >= 15 is 0 Å². The molecule has 25 heavy (non-hydrogen) atoms. The Bertz CT molecular complexity index is 855. The third-order valence-electron chi connectivity index (χ3n) is 4.39. The molecular weight excluding hydrogens is 316 g/mol. The molecule has 130 valence electrons. The minimum atomic E-state index is -0.822. The molecule has 0 aliphatic carbocycles. The summed E-state index contributed by atoms with van der Waals surface area (Å²) in [7, 11) is 0. The minimum Gasteiger partial charge on any atom is -0.508 e. The second-order valence-electron chi connectivity index (χ2n) is 6.25. The lowest BCUT2D eigenvalue weighted by atomic mass is 10.0. The molecular formula is C20H22N2O3. The number of hydrogen-bond donors (Lipinski definition) is 4. The molecule has 0 aliphatic rings. The number of hydrogen-bond acceptors (Lipinski definition) is 3. The van der Waals surface area contributed by atoms with Crippen molar-refractivity contribution in [2.75, 3.05) is 0 Å². The number of aliphatic hydroxyl groups is 1. The number of phenols is 1. The summed E-state index contributed by atoms with van der Waals surface area (Å²) < 4.78 is 0. The maximum absolute atomic E-state index is 12.2. The molecule has 0 fully saturated rings. The molecule has 0 saturated heterocycles. The molecule has 0 radical (unpaired) electrons. The lowest BCUT2D eigenvalue weighted by Gasteiger charge is -2.20. The zero-order valence-corrected chi connectivity index (χ0v) is 14.1. The Morgan fingerprint density at radius 2 is 1.88 bits per heavy atom. The monoisotopic (exact) mass is 338 g/mol. The smallest absolute Gasteiger partial charge is 0.220 e. The number of aromatic hydroxyl groups is 1. The molecule has 3 aromatic rings. The van der Waals surface area contributed by atoms with Gasteiger partial charge < -0.3 is 20.5 Å². The summed E-state index contributed by atoms with van der Waals surface area (Å²) in [6.07, 6.45) is 2.11. The Morgan fingerprint density at radius 1 is 1.16 bits per heavy atom. The van der Waals surface area contributed by atoms with Crippen molar-refractivity contribution < 1.29 is 15.0 Å². The number of aryl methyl sites for hydroxylation is 1. The fraction of sp³-hybridized carbons (Fsp3) is 0.250. The van der Waals surface area contributed by atoms with Crippen LogP contribution >= 0.6 is 0 Å². The number of aliphatic hydroxyl groups excluding tert-OH is 1. The molecule has 2 aromatic carbocycles. The largest absolute Gasteiger partial charge is 0.508 e. The zero-order valence-electron chi connectivity index (χ0n) is 14.1. The second kappa shape index (κ2) is 7.40. The first-order valence-corrected chi connectivity index (χ1v) is 8.36. The first-order chi connectivity index (χ1) is 12.0. The molecule has 2 atom stereocenters. The molecule has 0 saturated carbocycles. The number of amides is 1. The average molecular weight is 338 g/mol. The Hall–Kier alpha value is -2.79. The van der Waals surface area contributed by atoms with E-state index in [9.17, 15) is 15.0 Å². The zero-order chi connectivity index (χ0) is 17.8. The second-order valence-corrected chi connectivity index (χ2v) is 6.25. The third kappa shape index (κ3) is 4.00. The van der Waals surface area contributed by atoms with Gasteiger partial charge in [0.05, 0.1) is 12.1 Å². The van der Waals surface area contributed by atoms with Crippen LogP contribution in [0.3, 0.4) is 0 Å². The summed E-state index contributed by atoms with van der Waals surface area (Å²) in [6.45, 7) is 1.76. The lowest BCUT2D eigenvalue weighted by Crippen LogP contribution is -2.37.